The Morgan fingerprint density at radius 3 is 2.07 bits per heavy atom. The van der Waals surface area contributed by atoms with E-state index in [1.165, 1.54) is 20.5 Å². The van der Waals surface area contributed by atoms with Crippen LogP contribution in [-0.2, 0) is 0 Å². The summed E-state index contributed by atoms with van der Waals surface area (Å²) in [7, 11) is -2.42. The number of allylic oxidation sites excluding steroid dienone is 2. The van der Waals surface area contributed by atoms with Gasteiger partial charge < -0.3 is 13.3 Å². The number of thiophene rings is 3. The summed E-state index contributed by atoms with van der Waals surface area (Å²) in [5, 5.41) is 7.95. The molecule has 8 heteroatoms. The number of fused-ring (bicyclic) bond motifs is 2. The molecule has 7 heterocycles. The van der Waals surface area contributed by atoms with Crippen molar-refractivity contribution in [2.45, 2.75) is 10.3 Å². The Hall–Kier alpha value is -4.34. The van der Waals surface area contributed by atoms with E-state index in [1.807, 2.05) is 24.3 Å². The monoisotopic (exact) mass is 631 g/mol. The van der Waals surface area contributed by atoms with Gasteiger partial charge in [0.05, 0.1) is 17.4 Å². The number of benzene rings is 2. The zero-order valence-corrected chi connectivity index (χ0v) is 25.7. The highest BCUT2D eigenvalue weighted by atomic mass is 32.3. The number of aromatic nitrogens is 1. The molecule has 43 heavy (non-hydrogen) atoms. The van der Waals surface area contributed by atoms with Gasteiger partial charge in [0.25, 0.3) is 5.22 Å². The van der Waals surface area contributed by atoms with Crippen LogP contribution in [0.3, 0.4) is 0 Å². The zero-order valence-electron chi connectivity index (χ0n) is 22.4. The van der Waals surface area contributed by atoms with Gasteiger partial charge in [-0.05, 0) is 74.7 Å². The van der Waals surface area contributed by atoms with Crippen molar-refractivity contribution in [3.8, 4) is 0 Å². The Labute approximate surface area is 260 Å². The maximum Gasteiger partial charge on any atom is 0.253 e. The second-order valence-electron chi connectivity index (χ2n) is 10.0. The van der Waals surface area contributed by atoms with Gasteiger partial charge in [-0.3, -0.25) is 0 Å². The summed E-state index contributed by atoms with van der Waals surface area (Å²) in [6.07, 6.45) is 5.15. The first-order valence-electron chi connectivity index (χ1n) is 13.6. The Bertz CT molecular complexity index is 2050. The van der Waals surface area contributed by atoms with Gasteiger partial charge in [0.2, 0.25) is 0 Å². The first kappa shape index (κ1) is 25.2. The Kier molecular flexibility index (Phi) is 5.77. The molecule has 9 rings (SSSR count). The SMILES string of the molecule is c1coc(S2(c3ncco3)C(c3cc4ccccc4o3)=C(c3cccs3)C(c3cccs3)=C2c2cc3ccccc3s2)c1. The molecule has 0 spiro atoms. The van der Waals surface area contributed by atoms with E-state index in [2.05, 4.69) is 83.6 Å². The van der Waals surface area contributed by atoms with E-state index in [9.17, 15) is 0 Å². The minimum atomic E-state index is -2.42. The van der Waals surface area contributed by atoms with E-state index in [0.29, 0.717) is 5.22 Å². The average molecular weight is 632 g/mol. The number of hydrogen-bond acceptors (Lipinski definition) is 7. The number of rotatable bonds is 6. The van der Waals surface area contributed by atoms with E-state index in [0.717, 1.165) is 47.0 Å². The number of furan rings is 2. The van der Waals surface area contributed by atoms with E-state index < -0.39 is 10.0 Å². The Morgan fingerprint density at radius 1 is 0.628 bits per heavy atom. The van der Waals surface area contributed by atoms with Crippen molar-refractivity contribution in [2.75, 3.05) is 0 Å². The van der Waals surface area contributed by atoms with E-state index in [4.69, 9.17) is 18.2 Å². The summed E-state index contributed by atoms with van der Waals surface area (Å²) in [5.41, 5.74) is 3.14. The second kappa shape index (κ2) is 9.86. The number of hydrogen-bond donors (Lipinski definition) is 0. The molecule has 2 aromatic carbocycles. The lowest BCUT2D eigenvalue weighted by atomic mass is 10.0. The fourth-order valence-electron chi connectivity index (χ4n) is 5.94. The molecule has 6 aromatic heterocycles. The van der Waals surface area contributed by atoms with Crippen molar-refractivity contribution in [3.05, 3.63) is 147 Å². The molecule has 0 fully saturated rings. The molecule has 0 bridgehead atoms. The molecule has 0 saturated heterocycles. The second-order valence-corrected chi connectivity index (χ2v) is 15.8. The van der Waals surface area contributed by atoms with Crippen molar-refractivity contribution in [1.82, 2.24) is 4.98 Å². The molecule has 4 nitrogen and oxygen atoms in total. The molecule has 0 saturated carbocycles. The van der Waals surface area contributed by atoms with Crippen LogP contribution in [0.5, 0.6) is 0 Å². The molecule has 1 aliphatic heterocycles. The molecule has 0 amide bonds. The third kappa shape index (κ3) is 3.71. The van der Waals surface area contributed by atoms with Crippen molar-refractivity contribution in [2.24, 2.45) is 0 Å². The van der Waals surface area contributed by atoms with Gasteiger partial charge in [0.15, 0.2) is 5.09 Å². The highest BCUT2D eigenvalue weighted by Gasteiger charge is 2.54. The standard InChI is InChI=1S/C35H21NO3S4/c1-3-10-24-22(8-1)20-25(39-24)33-31(27-12-6-18-40-27)32(28-13-7-19-41-28)34(29-21-23-9-2-4-11-26(23)42-29)43(33,30-14-5-16-37-30)35-36-15-17-38-35/h1-21H. The highest BCUT2D eigenvalue weighted by Crippen LogP contribution is 2.85. The van der Waals surface area contributed by atoms with Crippen LogP contribution in [0.4, 0.5) is 0 Å². The summed E-state index contributed by atoms with van der Waals surface area (Å²) >= 11 is 5.27. The minimum absolute atomic E-state index is 0.617. The Morgan fingerprint density at radius 2 is 1.40 bits per heavy atom. The molecule has 0 radical (unpaired) electrons. The van der Waals surface area contributed by atoms with Crippen LogP contribution in [0.1, 0.15) is 20.4 Å². The van der Waals surface area contributed by atoms with Gasteiger partial charge in [-0.2, -0.15) is 0 Å². The topological polar surface area (TPSA) is 52.3 Å². The quantitative estimate of drug-likeness (QED) is 0.183. The maximum absolute atomic E-state index is 6.78. The molecular formula is C35H21NO3S4. The lowest BCUT2D eigenvalue weighted by Gasteiger charge is -2.35. The minimum Gasteiger partial charge on any atom is -0.459 e. The Balaban J connectivity index is 1.52. The van der Waals surface area contributed by atoms with E-state index in [-0.39, 0.29) is 0 Å². The average Bonchev–Trinajstić information content (AvgIpc) is 3.88. The molecule has 0 N–H and O–H groups in total. The highest BCUT2D eigenvalue weighted by molar-refractivity contribution is 8.48. The van der Waals surface area contributed by atoms with Gasteiger partial charge in [0.1, 0.15) is 17.6 Å². The fourth-order valence-corrected chi connectivity index (χ4v) is 13.0. The number of nitrogens with zero attached hydrogens (tertiary/aromatic N) is 1. The third-order valence-corrected chi connectivity index (χ3v) is 14.3. The lowest BCUT2D eigenvalue weighted by molar-refractivity contribution is 0.436. The normalized spacial score (nSPS) is 18.7. The summed E-state index contributed by atoms with van der Waals surface area (Å²) in [6.45, 7) is 0. The third-order valence-electron chi connectivity index (χ3n) is 7.62. The predicted molar refractivity (Wildman–Crippen MR) is 180 cm³/mol. The molecule has 1 atom stereocenters. The van der Waals surface area contributed by atoms with Crippen molar-refractivity contribution in [1.29, 1.82) is 0 Å². The molecule has 8 aromatic rings. The van der Waals surface area contributed by atoms with Gasteiger partial charge >= 0.3 is 0 Å². The van der Waals surface area contributed by atoms with Crippen molar-refractivity contribution < 1.29 is 13.3 Å². The lowest BCUT2D eigenvalue weighted by Crippen LogP contribution is -2.04. The van der Waals surface area contributed by atoms with Crippen LogP contribution in [0.2, 0.25) is 0 Å². The summed E-state index contributed by atoms with van der Waals surface area (Å²) in [5.74, 6) is 0.791. The molecule has 208 valence electrons. The largest absolute Gasteiger partial charge is 0.459 e. The van der Waals surface area contributed by atoms with Gasteiger partial charge in [0, 0.05) is 40.8 Å². The summed E-state index contributed by atoms with van der Waals surface area (Å²) in [4.78, 5) is 10.6. The van der Waals surface area contributed by atoms with Crippen LogP contribution < -0.4 is 0 Å². The van der Waals surface area contributed by atoms with E-state index >= 15 is 0 Å². The van der Waals surface area contributed by atoms with Crippen LogP contribution in [0.15, 0.2) is 150 Å². The molecular weight excluding hydrogens is 611 g/mol. The maximum atomic E-state index is 6.78. The summed E-state index contributed by atoms with van der Waals surface area (Å²) in [6, 6.07) is 33.9. The fraction of sp³-hybridized carbons (Fsp3) is 0. The van der Waals surface area contributed by atoms with Crippen molar-refractivity contribution >= 4 is 86.1 Å². The van der Waals surface area contributed by atoms with E-state index in [1.54, 1.807) is 52.7 Å². The summed E-state index contributed by atoms with van der Waals surface area (Å²) < 4.78 is 20.9. The van der Waals surface area contributed by atoms with Crippen LogP contribution in [-0.4, -0.2) is 4.98 Å². The van der Waals surface area contributed by atoms with Crippen LogP contribution in [0.25, 0.3) is 42.0 Å². The first-order chi connectivity index (χ1) is 21.3. The molecule has 0 aliphatic carbocycles. The number of para-hydroxylation sites is 1. The smallest absolute Gasteiger partial charge is 0.253 e. The van der Waals surface area contributed by atoms with Gasteiger partial charge in [-0.25, -0.2) is 4.98 Å². The van der Waals surface area contributed by atoms with Crippen LogP contribution in [0, 0.1) is 0 Å². The van der Waals surface area contributed by atoms with Gasteiger partial charge in [-0.15, -0.1) is 34.0 Å². The zero-order chi connectivity index (χ0) is 28.4. The first-order valence-corrected chi connectivity index (χ1v) is 17.8. The van der Waals surface area contributed by atoms with Gasteiger partial charge in [-0.1, -0.05) is 48.5 Å². The molecule has 1 unspecified atom stereocenters. The van der Waals surface area contributed by atoms with Crippen LogP contribution >= 0.6 is 44.0 Å². The molecule has 1 aliphatic rings. The number of oxazole rings is 1. The van der Waals surface area contributed by atoms with Crippen molar-refractivity contribution in [3.63, 3.8) is 0 Å². The predicted octanol–water partition coefficient (Wildman–Crippen LogP) is 11.7.